The number of rotatable bonds is 2. The van der Waals surface area contributed by atoms with Gasteiger partial charge in [0.15, 0.2) is 19.5 Å². The van der Waals surface area contributed by atoms with Gasteiger partial charge >= 0.3 is 0 Å². The maximum absolute atomic E-state index is 5.29. The Hall–Kier alpha value is 0.350. The normalized spacial score (nSPS) is 24.6. The average Bonchev–Trinajstić information content (AvgIpc) is 2.06. The largest absolute Gasteiger partial charge is 0.320 e. The Bertz CT molecular complexity index is 93.8. The summed E-state index contributed by atoms with van der Waals surface area (Å²) in [6.07, 6.45) is 4.51. The number of ether oxygens (including phenoxy) is 2. The summed E-state index contributed by atoms with van der Waals surface area (Å²) in [7, 11) is -0.796. The lowest BCUT2D eigenvalue weighted by molar-refractivity contribution is -0.0368. The van der Waals surface area contributed by atoms with Crippen LogP contribution in [0.15, 0.2) is 0 Å². The lowest BCUT2D eigenvalue weighted by atomic mass is 11.0. The van der Waals surface area contributed by atoms with E-state index in [0.29, 0.717) is 6.79 Å². The van der Waals surface area contributed by atoms with Crippen LogP contribution < -0.4 is 0 Å². The standard InChI is InChI=1S/C7H16O2P/c1-3-10(4-2)6-8-5-9-7-10/h3-7H2,1-2H3/q+1. The molecule has 1 rings (SSSR count). The fraction of sp³-hybridized carbons (Fsp3) is 1.00. The maximum atomic E-state index is 5.29. The van der Waals surface area contributed by atoms with Crippen molar-refractivity contribution in [3.05, 3.63) is 0 Å². The van der Waals surface area contributed by atoms with Crippen LogP contribution in [0.3, 0.4) is 0 Å². The molecule has 0 unspecified atom stereocenters. The second-order valence-electron chi connectivity index (χ2n) is 2.76. The minimum Gasteiger partial charge on any atom is -0.320 e. The average molecular weight is 163 g/mol. The molecule has 0 aliphatic carbocycles. The lowest BCUT2D eigenvalue weighted by Crippen LogP contribution is -2.20. The van der Waals surface area contributed by atoms with Gasteiger partial charge in [-0.15, -0.1) is 0 Å². The van der Waals surface area contributed by atoms with Crippen molar-refractivity contribution in [2.75, 3.05) is 31.8 Å². The van der Waals surface area contributed by atoms with Crippen LogP contribution in [0.5, 0.6) is 0 Å². The fourth-order valence-electron chi connectivity index (χ4n) is 1.15. The molecule has 1 fully saturated rings. The van der Waals surface area contributed by atoms with Crippen molar-refractivity contribution in [2.45, 2.75) is 13.8 Å². The van der Waals surface area contributed by atoms with Crippen molar-refractivity contribution in [3.63, 3.8) is 0 Å². The first kappa shape index (κ1) is 8.45. The summed E-state index contributed by atoms with van der Waals surface area (Å²) in [4.78, 5) is 0. The highest BCUT2D eigenvalue weighted by atomic mass is 31.2. The first-order valence-corrected chi connectivity index (χ1v) is 6.36. The molecular formula is C7H16O2P+. The summed E-state index contributed by atoms with van der Waals surface area (Å²) in [6.45, 7) is 5.01. The summed E-state index contributed by atoms with van der Waals surface area (Å²) in [5.41, 5.74) is 0. The third-order valence-electron chi connectivity index (χ3n) is 2.24. The van der Waals surface area contributed by atoms with Crippen LogP contribution in [0.4, 0.5) is 0 Å². The third kappa shape index (κ3) is 1.69. The number of hydrogen-bond donors (Lipinski definition) is 0. The lowest BCUT2D eigenvalue weighted by Gasteiger charge is -2.27. The highest BCUT2D eigenvalue weighted by Crippen LogP contribution is 2.59. The molecule has 2 nitrogen and oxygen atoms in total. The van der Waals surface area contributed by atoms with Gasteiger partial charge in [0.1, 0.15) is 0 Å². The van der Waals surface area contributed by atoms with Crippen LogP contribution in [0.1, 0.15) is 13.8 Å². The van der Waals surface area contributed by atoms with Crippen molar-refractivity contribution < 1.29 is 9.47 Å². The second kappa shape index (κ2) is 3.66. The summed E-state index contributed by atoms with van der Waals surface area (Å²) < 4.78 is 10.6. The summed E-state index contributed by atoms with van der Waals surface area (Å²) >= 11 is 0. The molecule has 0 aromatic carbocycles. The number of hydrogen-bond acceptors (Lipinski definition) is 2. The molecule has 1 aliphatic heterocycles. The molecule has 0 spiro atoms. The zero-order chi connectivity index (χ0) is 7.45. The molecule has 1 saturated heterocycles. The van der Waals surface area contributed by atoms with Gasteiger partial charge in [0.05, 0.1) is 19.6 Å². The quantitative estimate of drug-likeness (QED) is 0.579. The van der Waals surface area contributed by atoms with Crippen LogP contribution in [-0.2, 0) is 9.47 Å². The molecule has 0 radical (unpaired) electrons. The van der Waals surface area contributed by atoms with E-state index in [1.807, 2.05) is 0 Å². The Labute approximate surface area is 63.2 Å². The van der Waals surface area contributed by atoms with Crippen molar-refractivity contribution in [1.29, 1.82) is 0 Å². The van der Waals surface area contributed by atoms with Gasteiger partial charge in [-0.1, -0.05) is 0 Å². The highest BCUT2D eigenvalue weighted by molar-refractivity contribution is 7.75. The zero-order valence-corrected chi connectivity index (χ0v) is 7.69. The van der Waals surface area contributed by atoms with E-state index >= 15 is 0 Å². The van der Waals surface area contributed by atoms with Gasteiger partial charge in [-0.3, -0.25) is 0 Å². The Morgan fingerprint density at radius 1 is 1.10 bits per heavy atom. The summed E-state index contributed by atoms with van der Waals surface area (Å²) in [6, 6.07) is 0. The van der Waals surface area contributed by atoms with Gasteiger partial charge in [-0.25, -0.2) is 0 Å². The Kier molecular flexibility index (Phi) is 3.09. The van der Waals surface area contributed by atoms with Gasteiger partial charge in [0.2, 0.25) is 0 Å². The second-order valence-corrected chi connectivity index (χ2v) is 7.22. The van der Waals surface area contributed by atoms with Crippen LogP contribution >= 0.6 is 7.26 Å². The van der Waals surface area contributed by atoms with Crippen molar-refractivity contribution in [1.82, 2.24) is 0 Å². The molecule has 0 aromatic rings. The van der Waals surface area contributed by atoms with E-state index in [4.69, 9.17) is 9.47 Å². The predicted molar refractivity (Wildman–Crippen MR) is 44.8 cm³/mol. The Morgan fingerprint density at radius 3 is 1.90 bits per heavy atom. The van der Waals surface area contributed by atoms with E-state index in [0.717, 1.165) is 12.7 Å². The molecule has 0 N–H and O–H groups in total. The first-order chi connectivity index (χ1) is 4.83. The molecule has 0 saturated carbocycles. The molecule has 60 valence electrons. The molecule has 1 aliphatic rings. The molecule has 0 atom stereocenters. The smallest absolute Gasteiger partial charge is 0.162 e. The molecule has 10 heavy (non-hydrogen) atoms. The van der Waals surface area contributed by atoms with Gasteiger partial charge in [0, 0.05) is 0 Å². The molecule has 0 amide bonds. The minimum atomic E-state index is -0.796. The monoisotopic (exact) mass is 163 g/mol. The van der Waals surface area contributed by atoms with Crippen LogP contribution in [0, 0.1) is 0 Å². The molecule has 1 heterocycles. The van der Waals surface area contributed by atoms with Crippen LogP contribution in [0.25, 0.3) is 0 Å². The molecular weight excluding hydrogens is 147 g/mol. The third-order valence-corrected chi connectivity index (χ3v) is 6.38. The van der Waals surface area contributed by atoms with E-state index in [9.17, 15) is 0 Å². The van der Waals surface area contributed by atoms with Gasteiger partial charge < -0.3 is 9.47 Å². The summed E-state index contributed by atoms with van der Waals surface area (Å²) in [5, 5.41) is 0. The van der Waals surface area contributed by atoms with Crippen molar-refractivity contribution in [2.24, 2.45) is 0 Å². The van der Waals surface area contributed by atoms with E-state index in [2.05, 4.69) is 13.8 Å². The van der Waals surface area contributed by atoms with Crippen molar-refractivity contribution >= 4 is 7.26 Å². The van der Waals surface area contributed by atoms with E-state index < -0.39 is 7.26 Å². The van der Waals surface area contributed by atoms with E-state index in [1.165, 1.54) is 12.3 Å². The zero-order valence-electron chi connectivity index (χ0n) is 6.80. The fourth-order valence-corrected chi connectivity index (χ4v) is 3.32. The highest BCUT2D eigenvalue weighted by Gasteiger charge is 2.36. The molecule has 0 aromatic heterocycles. The Balaban J connectivity index is 2.44. The van der Waals surface area contributed by atoms with Crippen molar-refractivity contribution in [3.8, 4) is 0 Å². The van der Waals surface area contributed by atoms with Crippen LogP contribution in [0.2, 0.25) is 0 Å². The van der Waals surface area contributed by atoms with Gasteiger partial charge in [0.25, 0.3) is 0 Å². The topological polar surface area (TPSA) is 18.5 Å². The summed E-state index contributed by atoms with van der Waals surface area (Å²) in [5.74, 6) is 0. The van der Waals surface area contributed by atoms with Gasteiger partial charge in [-0.05, 0) is 13.8 Å². The SMILES string of the molecule is CC[P+]1(CC)COCOC1. The Morgan fingerprint density at radius 2 is 1.60 bits per heavy atom. The predicted octanol–water partition coefficient (Wildman–Crippen LogP) is 1.96. The molecule has 0 bridgehead atoms. The van der Waals surface area contributed by atoms with Crippen LogP contribution in [-0.4, -0.2) is 31.8 Å². The first-order valence-electron chi connectivity index (χ1n) is 3.83. The van der Waals surface area contributed by atoms with E-state index in [-0.39, 0.29) is 0 Å². The van der Waals surface area contributed by atoms with Gasteiger partial charge in [-0.2, -0.15) is 0 Å². The maximum Gasteiger partial charge on any atom is 0.162 e. The molecule has 3 heteroatoms. The minimum absolute atomic E-state index is 0.516. The van der Waals surface area contributed by atoms with E-state index in [1.54, 1.807) is 0 Å².